The maximum absolute atomic E-state index is 7.75. The number of rotatable bonds is 1. The maximum Gasteiger partial charge on any atom is 0.0988 e. The Balaban J connectivity index is 2.33. The van der Waals surface area contributed by atoms with Crippen LogP contribution in [0.4, 0.5) is 0 Å². The van der Waals surface area contributed by atoms with Gasteiger partial charge in [-0.15, -0.1) is 0 Å². The van der Waals surface area contributed by atoms with Gasteiger partial charge in [-0.05, 0) is 11.1 Å². The Morgan fingerprint density at radius 2 is 2.00 bits per heavy atom. The Hall–Kier alpha value is -1.15. The second-order valence-corrected chi connectivity index (χ2v) is 3.40. The van der Waals surface area contributed by atoms with E-state index in [1.54, 1.807) is 7.11 Å². The van der Waals surface area contributed by atoms with Crippen molar-refractivity contribution in [3.63, 3.8) is 0 Å². The number of benzene rings is 1. The zero-order valence-electron chi connectivity index (χ0n) is 7.71. The van der Waals surface area contributed by atoms with Crippen LogP contribution in [0, 0.1) is 5.41 Å². The highest BCUT2D eigenvalue weighted by molar-refractivity contribution is 5.90. The molecule has 13 heavy (non-hydrogen) atoms. The van der Waals surface area contributed by atoms with Gasteiger partial charge in [0.15, 0.2) is 0 Å². The smallest absolute Gasteiger partial charge is 0.0988 e. The fraction of sp³-hybridized carbons (Fsp3) is 0.364. The van der Waals surface area contributed by atoms with Gasteiger partial charge in [0.1, 0.15) is 0 Å². The molecule has 1 aliphatic carbocycles. The fourth-order valence-corrected chi connectivity index (χ4v) is 1.80. The number of hydrogen-bond donors (Lipinski definition) is 1. The van der Waals surface area contributed by atoms with Crippen LogP contribution in [0.2, 0.25) is 0 Å². The van der Waals surface area contributed by atoms with Crippen LogP contribution in [0.25, 0.3) is 0 Å². The highest BCUT2D eigenvalue weighted by Gasteiger charge is 2.22. The van der Waals surface area contributed by atoms with E-state index >= 15 is 0 Å². The first-order valence-electron chi connectivity index (χ1n) is 4.48. The van der Waals surface area contributed by atoms with Gasteiger partial charge in [-0.2, -0.15) is 0 Å². The van der Waals surface area contributed by atoms with Crippen molar-refractivity contribution in [1.82, 2.24) is 0 Å². The predicted octanol–water partition coefficient (Wildman–Crippen LogP) is 1.82. The van der Waals surface area contributed by atoms with Crippen LogP contribution < -0.4 is 0 Å². The first-order chi connectivity index (χ1) is 6.31. The number of nitrogens with one attached hydrogen (secondary N) is 1. The molecular formula is C11H13NO. The Bertz CT molecular complexity index is 333. The Morgan fingerprint density at radius 1 is 1.31 bits per heavy atom. The molecule has 1 unspecified atom stereocenters. The van der Waals surface area contributed by atoms with Crippen LogP contribution in [0.1, 0.15) is 11.1 Å². The van der Waals surface area contributed by atoms with E-state index in [4.69, 9.17) is 10.1 Å². The van der Waals surface area contributed by atoms with Gasteiger partial charge in [-0.25, -0.2) is 0 Å². The lowest BCUT2D eigenvalue weighted by molar-refractivity contribution is 0.152. The van der Waals surface area contributed by atoms with Crippen LogP contribution in [0.3, 0.4) is 0 Å². The fourth-order valence-electron chi connectivity index (χ4n) is 1.80. The molecule has 0 aliphatic heterocycles. The molecule has 0 aromatic heterocycles. The number of fused-ring (bicyclic) bond motifs is 1. The zero-order chi connectivity index (χ0) is 9.26. The third kappa shape index (κ3) is 1.49. The molecule has 0 heterocycles. The molecular weight excluding hydrogens is 162 g/mol. The Kier molecular flexibility index (Phi) is 2.15. The Morgan fingerprint density at radius 3 is 2.69 bits per heavy atom. The summed E-state index contributed by atoms with van der Waals surface area (Å²) < 4.78 is 5.24. The third-order valence-corrected chi connectivity index (χ3v) is 2.58. The summed E-state index contributed by atoms with van der Waals surface area (Å²) in [5, 5.41) is 7.75. The molecule has 0 saturated heterocycles. The normalized spacial score (nSPS) is 21.3. The molecule has 1 aromatic rings. The molecule has 68 valence electrons. The van der Waals surface area contributed by atoms with Crippen molar-refractivity contribution in [3.8, 4) is 0 Å². The summed E-state index contributed by atoms with van der Waals surface area (Å²) in [7, 11) is 1.67. The van der Waals surface area contributed by atoms with Gasteiger partial charge in [-0.1, -0.05) is 24.3 Å². The maximum atomic E-state index is 7.75. The van der Waals surface area contributed by atoms with Crippen LogP contribution in [0.5, 0.6) is 0 Å². The van der Waals surface area contributed by atoms with Crippen molar-refractivity contribution < 1.29 is 4.74 Å². The predicted molar refractivity (Wildman–Crippen MR) is 52.4 cm³/mol. The first kappa shape index (κ1) is 8.45. The van der Waals surface area contributed by atoms with Crippen molar-refractivity contribution in [1.29, 1.82) is 5.41 Å². The summed E-state index contributed by atoms with van der Waals surface area (Å²) in [6.45, 7) is 0. The topological polar surface area (TPSA) is 33.1 Å². The second-order valence-electron chi connectivity index (χ2n) is 3.40. The summed E-state index contributed by atoms with van der Waals surface area (Å²) in [6, 6.07) is 8.28. The molecule has 1 atom stereocenters. The summed E-state index contributed by atoms with van der Waals surface area (Å²) in [5.74, 6) is 0. The van der Waals surface area contributed by atoms with Crippen LogP contribution in [-0.4, -0.2) is 18.9 Å². The lowest BCUT2D eigenvalue weighted by Crippen LogP contribution is -2.31. The highest BCUT2D eigenvalue weighted by Crippen LogP contribution is 2.20. The van der Waals surface area contributed by atoms with E-state index in [0.717, 1.165) is 12.8 Å². The molecule has 1 aromatic carbocycles. The molecule has 2 nitrogen and oxygen atoms in total. The summed E-state index contributed by atoms with van der Waals surface area (Å²) in [6.07, 6.45) is 1.59. The van der Waals surface area contributed by atoms with Gasteiger partial charge in [0.25, 0.3) is 0 Å². The van der Waals surface area contributed by atoms with Gasteiger partial charge < -0.3 is 10.1 Å². The molecule has 2 heteroatoms. The van der Waals surface area contributed by atoms with E-state index < -0.39 is 0 Å². The summed E-state index contributed by atoms with van der Waals surface area (Å²) >= 11 is 0. The van der Waals surface area contributed by atoms with Crippen LogP contribution >= 0.6 is 0 Å². The first-order valence-corrected chi connectivity index (χ1v) is 4.48. The Labute approximate surface area is 78.0 Å². The van der Waals surface area contributed by atoms with Gasteiger partial charge in [-0.3, -0.25) is 0 Å². The second kappa shape index (κ2) is 3.30. The van der Waals surface area contributed by atoms with Gasteiger partial charge in [0.2, 0.25) is 0 Å². The quantitative estimate of drug-likeness (QED) is 0.694. The summed E-state index contributed by atoms with van der Waals surface area (Å²) in [4.78, 5) is 0. The monoisotopic (exact) mass is 175 g/mol. The molecule has 0 amide bonds. The average Bonchev–Trinajstić information content (AvgIpc) is 2.17. The van der Waals surface area contributed by atoms with Crippen molar-refractivity contribution in [2.75, 3.05) is 7.11 Å². The largest absolute Gasteiger partial charge is 0.375 e. The van der Waals surface area contributed by atoms with Gasteiger partial charge >= 0.3 is 0 Å². The molecule has 0 radical (unpaired) electrons. The number of hydrogen-bond acceptors (Lipinski definition) is 2. The number of ether oxygens (including phenoxy) is 1. The lowest BCUT2D eigenvalue weighted by atomic mass is 9.88. The van der Waals surface area contributed by atoms with Crippen molar-refractivity contribution in [2.24, 2.45) is 0 Å². The minimum absolute atomic E-state index is 0.00472. The van der Waals surface area contributed by atoms with Crippen molar-refractivity contribution in [2.45, 2.75) is 18.9 Å². The average molecular weight is 175 g/mol. The molecule has 0 bridgehead atoms. The SMILES string of the molecule is COC1Cc2ccccc2CC1=N. The van der Waals surface area contributed by atoms with Crippen molar-refractivity contribution in [3.05, 3.63) is 35.4 Å². The molecule has 1 aliphatic rings. The van der Waals surface area contributed by atoms with Crippen LogP contribution in [-0.2, 0) is 17.6 Å². The van der Waals surface area contributed by atoms with E-state index in [2.05, 4.69) is 12.1 Å². The van der Waals surface area contributed by atoms with E-state index in [0.29, 0.717) is 5.71 Å². The molecule has 0 spiro atoms. The van der Waals surface area contributed by atoms with Crippen LogP contribution in [0.15, 0.2) is 24.3 Å². The minimum Gasteiger partial charge on any atom is -0.375 e. The van der Waals surface area contributed by atoms with E-state index in [9.17, 15) is 0 Å². The summed E-state index contributed by atoms with van der Waals surface area (Å²) in [5.41, 5.74) is 3.30. The standard InChI is InChI=1S/C11H13NO/c1-13-11-7-9-5-3-2-4-8(9)6-10(11)12/h2-5,11-12H,6-7H2,1H3. The van der Waals surface area contributed by atoms with Gasteiger partial charge in [0, 0.05) is 25.7 Å². The highest BCUT2D eigenvalue weighted by atomic mass is 16.5. The van der Waals surface area contributed by atoms with E-state index in [-0.39, 0.29) is 6.10 Å². The molecule has 0 saturated carbocycles. The number of methoxy groups -OCH3 is 1. The minimum atomic E-state index is -0.00472. The lowest BCUT2D eigenvalue weighted by Gasteiger charge is -2.24. The van der Waals surface area contributed by atoms with Gasteiger partial charge in [0.05, 0.1) is 6.10 Å². The molecule has 0 fully saturated rings. The van der Waals surface area contributed by atoms with E-state index in [1.807, 2.05) is 12.1 Å². The molecule has 1 N–H and O–H groups in total. The zero-order valence-corrected chi connectivity index (χ0v) is 7.71. The third-order valence-electron chi connectivity index (χ3n) is 2.58. The van der Waals surface area contributed by atoms with E-state index in [1.165, 1.54) is 11.1 Å². The van der Waals surface area contributed by atoms with Crippen molar-refractivity contribution >= 4 is 5.71 Å². The molecule has 2 rings (SSSR count).